The summed E-state index contributed by atoms with van der Waals surface area (Å²) < 4.78 is 28.9. The summed E-state index contributed by atoms with van der Waals surface area (Å²) >= 11 is 6.70. The molecule has 2 heterocycles. The van der Waals surface area contributed by atoms with Crippen molar-refractivity contribution < 1.29 is 8.78 Å². The molecule has 1 fully saturated rings. The van der Waals surface area contributed by atoms with Crippen LogP contribution in [0.3, 0.4) is 0 Å². The van der Waals surface area contributed by atoms with E-state index in [0.717, 1.165) is 11.1 Å². The Bertz CT molecular complexity index is 1560. The highest BCUT2D eigenvalue weighted by molar-refractivity contribution is 6.35. The summed E-state index contributed by atoms with van der Waals surface area (Å²) in [5, 5.41) is 26.3. The van der Waals surface area contributed by atoms with Crippen molar-refractivity contribution in [3.63, 3.8) is 0 Å². The van der Waals surface area contributed by atoms with Crippen LogP contribution in [0.5, 0.6) is 0 Å². The predicted octanol–water partition coefficient (Wildman–Crippen LogP) is 7.07. The van der Waals surface area contributed by atoms with Crippen molar-refractivity contribution in [1.29, 1.82) is 5.26 Å². The quantitative estimate of drug-likeness (QED) is 0.244. The van der Waals surface area contributed by atoms with Crippen LogP contribution >= 0.6 is 11.6 Å². The molecular weight excluding hydrogens is 520 g/mol. The van der Waals surface area contributed by atoms with E-state index in [4.69, 9.17) is 11.6 Å². The molecule has 202 valence electrons. The summed E-state index contributed by atoms with van der Waals surface area (Å²) in [5.74, 6) is 0. The number of anilines is 2. The van der Waals surface area contributed by atoms with E-state index in [1.54, 1.807) is 12.3 Å². The number of nitrogens with zero attached hydrogens (tertiary/aromatic N) is 5. The minimum absolute atomic E-state index is 0.0269. The standard InChI is InChI=1S/C29H30ClF2N7/c1-17-7-5-6-8-20(17)26(23-15-39(38-37-23)29(9-10-29)27(31)32)36-19-11-21-24(35-16-28(2,3)4)18(13-33)14-34-25(21)22(30)12-19/h5-8,11-12,14-15,26-27,36H,9-10,16H2,1-4H3,(H,34,35). The highest BCUT2D eigenvalue weighted by atomic mass is 35.5. The van der Waals surface area contributed by atoms with E-state index in [1.807, 2.05) is 37.3 Å². The number of nitriles is 1. The van der Waals surface area contributed by atoms with Gasteiger partial charge in [-0.2, -0.15) is 5.26 Å². The van der Waals surface area contributed by atoms with Crippen LogP contribution in [0.2, 0.25) is 5.02 Å². The number of pyridine rings is 1. The molecule has 2 aromatic carbocycles. The third-order valence-electron chi connectivity index (χ3n) is 7.08. The van der Waals surface area contributed by atoms with E-state index in [1.165, 1.54) is 10.9 Å². The number of fused-ring (bicyclic) bond motifs is 1. The Morgan fingerprint density at radius 2 is 1.95 bits per heavy atom. The fourth-order valence-electron chi connectivity index (χ4n) is 4.66. The average Bonchev–Trinajstić information content (AvgIpc) is 3.56. The van der Waals surface area contributed by atoms with Gasteiger partial charge in [0.25, 0.3) is 6.43 Å². The Morgan fingerprint density at radius 3 is 2.59 bits per heavy atom. The molecule has 7 nitrogen and oxygen atoms in total. The molecule has 2 N–H and O–H groups in total. The summed E-state index contributed by atoms with van der Waals surface area (Å²) in [6, 6.07) is 13.2. The lowest BCUT2D eigenvalue weighted by Crippen LogP contribution is -2.26. The van der Waals surface area contributed by atoms with Gasteiger partial charge in [-0.15, -0.1) is 5.10 Å². The number of hydrogen-bond donors (Lipinski definition) is 2. The van der Waals surface area contributed by atoms with Crippen LogP contribution in [0, 0.1) is 23.7 Å². The van der Waals surface area contributed by atoms with Gasteiger partial charge < -0.3 is 10.6 Å². The SMILES string of the molecule is Cc1ccccc1C(Nc1cc(Cl)c2ncc(C#N)c(NCC(C)(C)C)c2c1)c1cn(C2(C(F)F)CC2)nn1. The molecule has 0 bridgehead atoms. The Kier molecular flexibility index (Phi) is 6.93. The molecule has 1 unspecified atom stereocenters. The molecule has 1 atom stereocenters. The number of hydrogen-bond acceptors (Lipinski definition) is 6. The lowest BCUT2D eigenvalue weighted by atomic mass is 9.96. The smallest absolute Gasteiger partial charge is 0.263 e. The maximum Gasteiger partial charge on any atom is 0.263 e. The number of halogens is 3. The third-order valence-corrected chi connectivity index (χ3v) is 7.37. The van der Waals surface area contributed by atoms with Crippen molar-refractivity contribution in [3.8, 4) is 6.07 Å². The van der Waals surface area contributed by atoms with E-state index in [0.29, 0.717) is 57.9 Å². The number of aromatic nitrogens is 4. The number of alkyl halides is 2. The highest BCUT2D eigenvalue weighted by Gasteiger charge is 2.54. The molecule has 0 amide bonds. The van der Waals surface area contributed by atoms with E-state index in [2.05, 4.69) is 52.8 Å². The van der Waals surface area contributed by atoms with Crippen molar-refractivity contribution in [2.75, 3.05) is 17.2 Å². The summed E-state index contributed by atoms with van der Waals surface area (Å²) in [4.78, 5) is 4.44. The predicted molar refractivity (Wildman–Crippen MR) is 149 cm³/mol. The van der Waals surface area contributed by atoms with Crippen molar-refractivity contribution >= 4 is 33.9 Å². The summed E-state index contributed by atoms with van der Waals surface area (Å²) in [6.45, 7) is 8.94. The van der Waals surface area contributed by atoms with E-state index in [9.17, 15) is 14.0 Å². The summed E-state index contributed by atoms with van der Waals surface area (Å²) in [6.07, 6.45) is 1.36. The van der Waals surface area contributed by atoms with Gasteiger partial charge in [0.2, 0.25) is 0 Å². The Hall–Kier alpha value is -3.77. The second kappa shape index (κ2) is 10.1. The van der Waals surface area contributed by atoms with E-state index >= 15 is 0 Å². The second-order valence-corrected chi connectivity index (χ2v) is 11.8. The Balaban J connectivity index is 1.59. The summed E-state index contributed by atoms with van der Waals surface area (Å²) in [7, 11) is 0. The first-order valence-electron chi connectivity index (χ1n) is 12.8. The normalized spacial score (nSPS) is 15.3. The van der Waals surface area contributed by atoms with Crippen LogP contribution in [-0.4, -0.2) is 32.9 Å². The molecule has 39 heavy (non-hydrogen) atoms. The molecule has 5 rings (SSSR count). The molecular formula is C29H30ClF2N7. The third kappa shape index (κ3) is 5.26. The monoisotopic (exact) mass is 549 g/mol. The van der Waals surface area contributed by atoms with Crippen molar-refractivity contribution in [2.45, 2.75) is 58.5 Å². The van der Waals surface area contributed by atoms with Crippen LogP contribution in [0.25, 0.3) is 10.9 Å². The molecule has 0 saturated heterocycles. The first-order chi connectivity index (χ1) is 18.5. The minimum Gasteiger partial charge on any atom is -0.383 e. The van der Waals surface area contributed by atoms with E-state index in [-0.39, 0.29) is 5.41 Å². The zero-order chi connectivity index (χ0) is 27.9. The average molecular weight is 550 g/mol. The van der Waals surface area contributed by atoms with Crippen molar-refractivity contribution in [2.24, 2.45) is 5.41 Å². The van der Waals surface area contributed by atoms with Gasteiger partial charge in [0.1, 0.15) is 17.3 Å². The zero-order valence-electron chi connectivity index (χ0n) is 22.3. The van der Waals surface area contributed by atoms with Crippen molar-refractivity contribution in [1.82, 2.24) is 20.0 Å². The van der Waals surface area contributed by atoms with Gasteiger partial charge >= 0.3 is 0 Å². The Labute approximate surface area is 231 Å². The number of nitrogens with one attached hydrogen (secondary N) is 2. The molecule has 1 aliphatic carbocycles. The van der Waals surface area contributed by atoms with Crippen LogP contribution in [0.4, 0.5) is 20.2 Å². The van der Waals surface area contributed by atoms with Crippen LogP contribution < -0.4 is 10.6 Å². The first kappa shape index (κ1) is 26.8. The maximum absolute atomic E-state index is 13.8. The van der Waals surface area contributed by atoms with Gasteiger partial charge in [-0.3, -0.25) is 4.98 Å². The molecule has 1 aliphatic rings. The second-order valence-electron chi connectivity index (χ2n) is 11.4. The van der Waals surface area contributed by atoms with Gasteiger partial charge in [0.15, 0.2) is 0 Å². The summed E-state index contributed by atoms with van der Waals surface area (Å²) in [5.41, 5.74) is 3.47. The van der Waals surface area contributed by atoms with E-state index < -0.39 is 18.0 Å². The lowest BCUT2D eigenvalue weighted by Gasteiger charge is -2.23. The number of aryl methyl sites for hydroxylation is 1. The zero-order valence-corrected chi connectivity index (χ0v) is 23.0. The number of rotatable bonds is 8. The van der Waals surface area contributed by atoms with Gasteiger partial charge in [-0.05, 0) is 48.4 Å². The molecule has 4 aromatic rings. The van der Waals surface area contributed by atoms with Crippen molar-refractivity contribution in [3.05, 3.63) is 76.2 Å². The topological polar surface area (TPSA) is 91.5 Å². The van der Waals surface area contributed by atoms with Gasteiger partial charge in [-0.25, -0.2) is 13.5 Å². The molecule has 2 aromatic heterocycles. The molecule has 0 aliphatic heterocycles. The Morgan fingerprint density at radius 1 is 1.21 bits per heavy atom. The first-order valence-corrected chi connectivity index (χ1v) is 13.2. The maximum atomic E-state index is 13.8. The van der Waals surface area contributed by atoms with Crippen LogP contribution in [0.1, 0.15) is 62.0 Å². The number of benzene rings is 2. The highest BCUT2D eigenvalue weighted by Crippen LogP contribution is 2.48. The largest absolute Gasteiger partial charge is 0.383 e. The van der Waals surface area contributed by atoms with Gasteiger partial charge in [-0.1, -0.05) is 61.9 Å². The molecule has 1 saturated carbocycles. The fraction of sp³-hybridized carbons (Fsp3) is 0.379. The van der Waals surface area contributed by atoms with Crippen LogP contribution in [0.15, 0.2) is 48.8 Å². The molecule has 0 radical (unpaired) electrons. The van der Waals surface area contributed by atoms with Gasteiger partial charge in [0, 0.05) is 23.8 Å². The molecule has 10 heteroatoms. The van der Waals surface area contributed by atoms with Crippen LogP contribution in [-0.2, 0) is 5.54 Å². The minimum atomic E-state index is -2.52. The lowest BCUT2D eigenvalue weighted by molar-refractivity contribution is 0.0593. The fourth-order valence-corrected chi connectivity index (χ4v) is 4.93. The molecule has 0 spiro atoms. The van der Waals surface area contributed by atoms with Gasteiger partial charge in [0.05, 0.1) is 34.0 Å².